The van der Waals surface area contributed by atoms with Crippen LogP contribution in [0.3, 0.4) is 0 Å². The number of carbonyl (C=O) groups is 1. The molecular weight excluding hydrogens is 230 g/mol. The average molecular weight is 253 g/mol. The molecule has 1 N–H and O–H groups in total. The molecule has 1 aromatic rings. The number of hydrogen-bond acceptors (Lipinski definition) is 4. The average Bonchev–Trinajstić information content (AvgIpc) is 2.83. The van der Waals surface area contributed by atoms with Gasteiger partial charge < -0.3 is 4.74 Å². The van der Waals surface area contributed by atoms with Gasteiger partial charge in [0.15, 0.2) is 0 Å². The van der Waals surface area contributed by atoms with Gasteiger partial charge in [-0.25, -0.2) is 4.79 Å². The Morgan fingerprint density at radius 2 is 2.28 bits per heavy atom. The Kier molecular flexibility index (Phi) is 5.85. The molecule has 0 spiro atoms. The Bertz CT molecular complexity index is 376. The molecule has 1 aromatic heterocycles. The van der Waals surface area contributed by atoms with Gasteiger partial charge in [-0.3, -0.25) is 10.00 Å². The number of aromatic nitrogens is 2. The van der Waals surface area contributed by atoms with Crippen molar-refractivity contribution < 1.29 is 9.53 Å². The minimum absolute atomic E-state index is 0.253. The van der Waals surface area contributed by atoms with E-state index in [1.165, 1.54) is 7.11 Å². The van der Waals surface area contributed by atoms with Gasteiger partial charge in [-0.05, 0) is 19.8 Å². The van der Waals surface area contributed by atoms with Gasteiger partial charge in [0.2, 0.25) is 0 Å². The number of carbonyl (C=O) groups excluding carboxylic acids is 1. The standard InChI is InChI=1S/C13H23N3O2/c1-5-7-16-9-11(8-14-16)12(13(17)18-4)15-10(3)6-2/h8-10,12,15H,5-7H2,1-4H3. The number of esters is 1. The molecule has 0 amide bonds. The van der Waals surface area contributed by atoms with Gasteiger partial charge in [0.25, 0.3) is 0 Å². The summed E-state index contributed by atoms with van der Waals surface area (Å²) in [7, 11) is 1.41. The maximum absolute atomic E-state index is 11.8. The third kappa shape index (κ3) is 3.84. The summed E-state index contributed by atoms with van der Waals surface area (Å²) >= 11 is 0. The van der Waals surface area contributed by atoms with Crippen LogP contribution in [0.15, 0.2) is 12.4 Å². The molecule has 0 saturated heterocycles. The highest BCUT2D eigenvalue weighted by Gasteiger charge is 2.23. The summed E-state index contributed by atoms with van der Waals surface area (Å²) in [6.45, 7) is 7.08. The van der Waals surface area contributed by atoms with E-state index in [9.17, 15) is 4.79 Å². The van der Waals surface area contributed by atoms with Crippen molar-refractivity contribution in [1.29, 1.82) is 0 Å². The lowest BCUT2D eigenvalue weighted by molar-refractivity contribution is -0.143. The molecule has 5 heteroatoms. The first-order chi connectivity index (χ1) is 8.62. The maximum Gasteiger partial charge on any atom is 0.327 e. The van der Waals surface area contributed by atoms with Gasteiger partial charge in [-0.2, -0.15) is 5.10 Å². The van der Waals surface area contributed by atoms with Crippen LogP contribution >= 0.6 is 0 Å². The number of hydrogen-bond donors (Lipinski definition) is 1. The molecule has 2 atom stereocenters. The summed E-state index contributed by atoms with van der Waals surface area (Å²) in [5.74, 6) is -0.272. The van der Waals surface area contributed by atoms with E-state index in [4.69, 9.17) is 4.74 Å². The zero-order valence-corrected chi connectivity index (χ0v) is 11.6. The number of methoxy groups -OCH3 is 1. The largest absolute Gasteiger partial charge is 0.468 e. The third-order valence-corrected chi connectivity index (χ3v) is 2.94. The summed E-state index contributed by atoms with van der Waals surface area (Å²) in [5, 5.41) is 7.51. The Balaban J connectivity index is 2.83. The molecule has 0 aliphatic heterocycles. The van der Waals surface area contributed by atoms with E-state index in [1.54, 1.807) is 6.20 Å². The summed E-state index contributed by atoms with van der Waals surface area (Å²) in [4.78, 5) is 11.8. The van der Waals surface area contributed by atoms with E-state index in [-0.39, 0.29) is 12.0 Å². The van der Waals surface area contributed by atoms with Gasteiger partial charge in [-0.1, -0.05) is 13.8 Å². The molecule has 0 radical (unpaired) electrons. The fourth-order valence-electron chi connectivity index (χ4n) is 1.70. The molecule has 0 fully saturated rings. The van der Waals surface area contributed by atoms with Crippen molar-refractivity contribution >= 4 is 5.97 Å². The molecule has 1 heterocycles. The smallest absolute Gasteiger partial charge is 0.327 e. The highest BCUT2D eigenvalue weighted by atomic mass is 16.5. The first kappa shape index (κ1) is 14.7. The summed E-state index contributed by atoms with van der Waals surface area (Å²) in [6, 6.07) is -0.181. The van der Waals surface area contributed by atoms with Gasteiger partial charge in [0.1, 0.15) is 6.04 Å². The molecule has 0 aliphatic carbocycles. The lowest BCUT2D eigenvalue weighted by Gasteiger charge is -2.19. The maximum atomic E-state index is 11.8. The van der Waals surface area contributed by atoms with Gasteiger partial charge in [-0.15, -0.1) is 0 Å². The SMILES string of the molecule is CCCn1cc(C(NC(C)CC)C(=O)OC)cn1. The minimum Gasteiger partial charge on any atom is -0.468 e. The molecule has 0 aliphatic rings. The van der Waals surface area contributed by atoms with Crippen molar-refractivity contribution in [3.63, 3.8) is 0 Å². The van der Waals surface area contributed by atoms with Crippen LogP contribution in [0.25, 0.3) is 0 Å². The Hall–Kier alpha value is -1.36. The van der Waals surface area contributed by atoms with E-state index in [0.717, 1.165) is 24.9 Å². The fraction of sp³-hybridized carbons (Fsp3) is 0.692. The number of nitrogens with zero attached hydrogens (tertiary/aromatic N) is 2. The predicted molar refractivity (Wildman–Crippen MR) is 70.2 cm³/mol. The van der Waals surface area contributed by atoms with Crippen LogP contribution < -0.4 is 5.32 Å². The second-order valence-electron chi connectivity index (χ2n) is 4.47. The zero-order chi connectivity index (χ0) is 13.5. The van der Waals surface area contributed by atoms with Gasteiger partial charge in [0.05, 0.1) is 13.3 Å². The lowest BCUT2D eigenvalue weighted by Crippen LogP contribution is -2.35. The Labute approximate surface area is 109 Å². The van der Waals surface area contributed by atoms with Crippen molar-refractivity contribution in [2.75, 3.05) is 7.11 Å². The highest BCUT2D eigenvalue weighted by Crippen LogP contribution is 2.15. The number of rotatable bonds is 7. The second-order valence-corrected chi connectivity index (χ2v) is 4.47. The van der Waals surface area contributed by atoms with Crippen molar-refractivity contribution in [3.8, 4) is 0 Å². The van der Waals surface area contributed by atoms with Crippen LogP contribution in [0.1, 0.15) is 45.2 Å². The monoisotopic (exact) mass is 253 g/mol. The predicted octanol–water partition coefficient (Wildman–Crippen LogP) is 1.90. The van der Waals surface area contributed by atoms with E-state index < -0.39 is 6.04 Å². The van der Waals surface area contributed by atoms with Crippen LogP contribution in [-0.4, -0.2) is 28.9 Å². The molecule has 18 heavy (non-hydrogen) atoms. The first-order valence-electron chi connectivity index (χ1n) is 6.48. The van der Waals surface area contributed by atoms with Crippen LogP contribution in [-0.2, 0) is 16.1 Å². The zero-order valence-electron chi connectivity index (χ0n) is 11.6. The van der Waals surface area contributed by atoms with E-state index in [0.29, 0.717) is 0 Å². The molecule has 0 saturated carbocycles. The van der Waals surface area contributed by atoms with Crippen LogP contribution in [0.4, 0.5) is 0 Å². The normalized spacial score (nSPS) is 14.2. The quantitative estimate of drug-likeness (QED) is 0.754. The van der Waals surface area contributed by atoms with E-state index in [2.05, 4.69) is 24.3 Å². The van der Waals surface area contributed by atoms with Crippen LogP contribution in [0, 0.1) is 0 Å². The summed E-state index contributed by atoms with van der Waals surface area (Å²) < 4.78 is 6.69. The van der Waals surface area contributed by atoms with Crippen molar-refractivity contribution in [1.82, 2.24) is 15.1 Å². The first-order valence-corrected chi connectivity index (χ1v) is 6.48. The van der Waals surface area contributed by atoms with E-state index in [1.807, 2.05) is 17.8 Å². The van der Waals surface area contributed by atoms with Gasteiger partial charge in [0, 0.05) is 24.3 Å². The highest BCUT2D eigenvalue weighted by molar-refractivity contribution is 5.77. The van der Waals surface area contributed by atoms with Crippen molar-refractivity contribution in [2.45, 2.75) is 52.2 Å². The molecule has 102 valence electrons. The molecule has 2 unspecified atom stereocenters. The Morgan fingerprint density at radius 1 is 1.56 bits per heavy atom. The third-order valence-electron chi connectivity index (χ3n) is 2.94. The molecule has 0 aromatic carbocycles. The van der Waals surface area contributed by atoms with Gasteiger partial charge >= 0.3 is 5.97 Å². The topological polar surface area (TPSA) is 56.2 Å². The summed E-state index contributed by atoms with van der Waals surface area (Å²) in [6.07, 6.45) is 5.60. The molecule has 1 rings (SSSR count). The summed E-state index contributed by atoms with van der Waals surface area (Å²) in [5.41, 5.74) is 0.857. The number of ether oxygens (including phenoxy) is 1. The van der Waals surface area contributed by atoms with E-state index >= 15 is 0 Å². The Morgan fingerprint density at radius 3 is 2.83 bits per heavy atom. The minimum atomic E-state index is -0.435. The number of aryl methyl sites for hydroxylation is 1. The van der Waals surface area contributed by atoms with Crippen LogP contribution in [0.2, 0.25) is 0 Å². The number of nitrogens with one attached hydrogen (secondary N) is 1. The molecule has 0 bridgehead atoms. The second kappa shape index (κ2) is 7.16. The fourth-order valence-corrected chi connectivity index (χ4v) is 1.70. The lowest BCUT2D eigenvalue weighted by atomic mass is 10.1. The van der Waals surface area contributed by atoms with Crippen LogP contribution in [0.5, 0.6) is 0 Å². The van der Waals surface area contributed by atoms with Crippen molar-refractivity contribution in [3.05, 3.63) is 18.0 Å². The molecule has 5 nitrogen and oxygen atoms in total. The van der Waals surface area contributed by atoms with Crippen molar-refractivity contribution in [2.24, 2.45) is 0 Å². The molecular formula is C13H23N3O2.